The lowest BCUT2D eigenvalue weighted by atomic mass is 10.2. The molecule has 3 rings (SSSR count). The van der Waals surface area contributed by atoms with Crippen molar-refractivity contribution in [3.63, 3.8) is 0 Å². The molecule has 0 aliphatic rings. The van der Waals surface area contributed by atoms with E-state index in [-0.39, 0.29) is 0 Å². The van der Waals surface area contributed by atoms with Gasteiger partial charge in [-0.3, -0.25) is 9.59 Å². The zero-order valence-electron chi connectivity index (χ0n) is 20.0. The Morgan fingerprint density at radius 1 is 0.833 bits per heavy atom. The first-order chi connectivity index (χ1) is 17.5. The number of hydrazone groups is 1. The van der Waals surface area contributed by atoms with Crippen LogP contribution in [0.5, 0.6) is 17.2 Å². The quantitative estimate of drug-likeness (QED) is 0.110. The molecule has 0 heterocycles. The first kappa shape index (κ1) is 26.0. The summed E-state index contributed by atoms with van der Waals surface area (Å²) >= 11 is 0. The Kier molecular flexibility index (Phi) is 9.58. The number of carbonyl (C=O) groups is 3. The van der Waals surface area contributed by atoms with Crippen molar-refractivity contribution in [3.05, 3.63) is 83.9 Å². The van der Waals surface area contributed by atoms with Crippen LogP contribution >= 0.6 is 0 Å². The number of hydrogen-bond donors (Lipinski definition) is 2. The molecule has 0 bridgehead atoms. The number of methoxy groups -OCH3 is 1. The third-order valence-corrected chi connectivity index (χ3v) is 4.88. The van der Waals surface area contributed by atoms with E-state index >= 15 is 0 Å². The summed E-state index contributed by atoms with van der Waals surface area (Å²) in [5, 5.41) is 6.24. The van der Waals surface area contributed by atoms with E-state index in [1.165, 1.54) is 13.3 Å². The van der Waals surface area contributed by atoms with Gasteiger partial charge in [0.2, 0.25) is 0 Å². The highest BCUT2D eigenvalue weighted by molar-refractivity contribution is 6.39. The fourth-order valence-corrected chi connectivity index (χ4v) is 2.89. The normalized spacial score (nSPS) is 10.5. The molecule has 3 aromatic carbocycles. The molecule has 0 aliphatic heterocycles. The van der Waals surface area contributed by atoms with Gasteiger partial charge in [-0.15, -0.1) is 0 Å². The van der Waals surface area contributed by atoms with Crippen molar-refractivity contribution < 1.29 is 28.6 Å². The van der Waals surface area contributed by atoms with Crippen LogP contribution in [0.25, 0.3) is 0 Å². The van der Waals surface area contributed by atoms with Gasteiger partial charge in [0.25, 0.3) is 0 Å². The number of amides is 2. The summed E-state index contributed by atoms with van der Waals surface area (Å²) in [6, 6.07) is 19.8. The first-order valence-corrected chi connectivity index (χ1v) is 11.3. The van der Waals surface area contributed by atoms with Crippen molar-refractivity contribution in [2.75, 3.05) is 19.0 Å². The summed E-state index contributed by atoms with van der Waals surface area (Å²) in [4.78, 5) is 36.3. The van der Waals surface area contributed by atoms with Gasteiger partial charge in [-0.1, -0.05) is 13.3 Å². The van der Waals surface area contributed by atoms with Crippen LogP contribution in [0.2, 0.25) is 0 Å². The van der Waals surface area contributed by atoms with E-state index in [4.69, 9.17) is 14.2 Å². The fourth-order valence-electron chi connectivity index (χ4n) is 2.89. The van der Waals surface area contributed by atoms with E-state index in [9.17, 15) is 14.4 Å². The first-order valence-electron chi connectivity index (χ1n) is 11.3. The van der Waals surface area contributed by atoms with Crippen LogP contribution in [0.15, 0.2) is 77.9 Å². The lowest BCUT2D eigenvalue weighted by Gasteiger charge is -2.07. The zero-order chi connectivity index (χ0) is 25.8. The second-order valence-corrected chi connectivity index (χ2v) is 7.57. The van der Waals surface area contributed by atoms with Crippen molar-refractivity contribution >= 4 is 29.7 Å². The minimum absolute atomic E-state index is 0.350. The number of nitrogens with one attached hydrogen (secondary N) is 2. The van der Waals surface area contributed by atoms with Gasteiger partial charge in [-0.25, -0.2) is 10.2 Å². The van der Waals surface area contributed by atoms with Crippen LogP contribution in [0.4, 0.5) is 5.69 Å². The lowest BCUT2D eigenvalue weighted by Crippen LogP contribution is -2.32. The highest BCUT2D eigenvalue weighted by Gasteiger charge is 2.13. The predicted molar refractivity (Wildman–Crippen MR) is 136 cm³/mol. The molecule has 0 saturated heterocycles. The lowest BCUT2D eigenvalue weighted by molar-refractivity contribution is -0.136. The molecule has 0 aliphatic carbocycles. The molecule has 0 saturated carbocycles. The summed E-state index contributed by atoms with van der Waals surface area (Å²) < 4.78 is 16.0. The minimum Gasteiger partial charge on any atom is -0.497 e. The number of carbonyl (C=O) groups excluding carboxylic acids is 3. The molecule has 0 radical (unpaired) electrons. The Bertz CT molecular complexity index is 1190. The van der Waals surface area contributed by atoms with Gasteiger partial charge in [0.05, 0.1) is 25.5 Å². The molecule has 9 nitrogen and oxygen atoms in total. The van der Waals surface area contributed by atoms with E-state index in [0.29, 0.717) is 40.7 Å². The molecular formula is C27H27N3O6. The molecule has 2 amide bonds. The second-order valence-electron chi connectivity index (χ2n) is 7.57. The molecular weight excluding hydrogens is 462 g/mol. The second kappa shape index (κ2) is 13.3. The van der Waals surface area contributed by atoms with E-state index in [1.54, 1.807) is 72.8 Å². The van der Waals surface area contributed by atoms with Gasteiger partial charge in [0.1, 0.15) is 17.2 Å². The molecule has 36 heavy (non-hydrogen) atoms. The number of benzene rings is 3. The maximum Gasteiger partial charge on any atom is 0.343 e. The van der Waals surface area contributed by atoms with E-state index < -0.39 is 17.8 Å². The number of anilines is 1. The Hall–Kier alpha value is -4.66. The van der Waals surface area contributed by atoms with Crippen LogP contribution in [-0.2, 0) is 9.59 Å². The topological polar surface area (TPSA) is 115 Å². The summed E-state index contributed by atoms with van der Waals surface area (Å²) in [6.45, 7) is 2.72. The summed E-state index contributed by atoms with van der Waals surface area (Å²) in [5.74, 6) is -0.594. The van der Waals surface area contributed by atoms with Crippen molar-refractivity contribution in [2.24, 2.45) is 5.10 Å². The zero-order valence-corrected chi connectivity index (χ0v) is 20.0. The highest BCUT2D eigenvalue weighted by atomic mass is 16.5. The van der Waals surface area contributed by atoms with Gasteiger partial charge in [-0.2, -0.15) is 5.10 Å². The van der Waals surface area contributed by atoms with Crippen LogP contribution in [0.1, 0.15) is 35.7 Å². The minimum atomic E-state index is -0.922. The van der Waals surface area contributed by atoms with Crippen molar-refractivity contribution in [1.82, 2.24) is 5.43 Å². The van der Waals surface area contributed by atoms with E-state index in [2.05, 4.69) is 22.8 Å². The molecule has 3 aromatic rings. The Morgan fingerprint density at radius 2 is 1.47 bits per heavy atom. The molecule has 9 heteroatoms. The average molecular weight is 490 g/mol. The maximum atomic E-state index is 12.4. The van der Waals surface area contributed by atoms with Crippen LogP contribution in [0, 0.1) is 0 Å². The van der Waals surface area contributed by atoms with E-state index in [1.807, 2.05) is 0 Å². The third kappa shape index (κ3) is 7.98. The van der Waals surface area contributed by atoms with Gasteiger partial charge < -0.3 is 19.5 Å². The Morgan fingerprint density at radius 3 is 2.11 bits per heavy atom. The Balaban J connectivity index is 1.46. The summed E-state index contributed by atoms with van der Waals surface area (Å²) in [7, 11) is 1.53. The van der Waals surface area contributed by atoms with Crippen molar-refractivity contribution in [3.8, 4) is 17.2 Å². The van der Waals surface area contributed by atoms with Crippen molar-refractivity contribution in [2.45, 2.75) is 19.8 Å². The molecule has 186 valence electrons. The summed E-state index contributed by atoms with van der Waals surface area (Å²) in [6.07, 6.45) is 3.38. The number of ether oxygens (including phenoxy) is 3. The van der Waals surface area contributed by atoms with Crippen LogP contribution < -0.4 is 25.0 Å². The van der Waals surface area contributed by atoms with Crippen LogP contribution in [-0.4, -0.2) is 37.7 Å². The fraction of sp³-hybridized carbons (Fsp3) is 0.185. The molecule has 2 N–H and O–H groups in total. The number of nitrogens with zero attached hydrogens (tertiary/aromatic N) is 1. The SMILES string of the molecule is CCCCOc1ccc(C(=O)Oc2ccc(/C=N/NC(=O)C(=O)Nc3ccc(OC)cc3)cc2)cc1. The van der Waals surface area contributed by atoms with E-state index in [0.717, 1.165) is 12.8 Å². The number of hydrogen-bond acceptors (Lipinski definition) is 7. The highest BCUT2D eigenvalue weighted by Crippen LogP contribution is 2.17. The summed E-state index contributed by atoms with van der Waals surface area (Å²) in [5.41, 5.74) is 3.63. The Labute approximate surface area is 209 Å². The van der Waals surface area contributed by atoms with Gasteiger partial charge >= 0.3 is 17.8 Å². The molecule has 0 aromatic heterocycles. The van der Waals surface area contributed by atoms with Crippen LogP contribution in [0.3, 0.4) is 0 Å². The van der Waals surface area contributed by atoms with Gasteiger partial charge in [0, 0.05) is 5.69 Å². The molecule has 0 spiro atoms. The molecule has 0 unspecified atom stereocenters. The standard InChI is InChI=1S/C27H27N3O6/c1-3-4-17-35-23-13-7-20(8-14-23)27(33)36-24-11-5-19(6-12-24)18-28-30-26(32)25(31)29-21-9-15-22(34-2)16-10-21/h5-16,18H,3-4,17H2,1-2H3,(H,29,31)(H,30,32)/b28-18+. The largest absolute Gasteiger partial charge is 0.497 e. The third-order valence-electron chi connectivity index (χ3n) is 4.88. The monoisotopic (exact) mass is 489 g/mol. The van der Waals surface area contributed by atoms with Crippen molar-refractivity contribution in [1.29, 1.82) is 0 Å². The maximum absolute atomic E-state index is 12.4. The predicted octanol–water partition coefficient (Wildman–Crippen LogP) is 4.18. The number of rotatable bonds is 10. The molecule has 0 atom stereocenters. The van der Waals surface area contributed by atoms with Gasteiger partial charge in [0.15, 0.2) is 0 Å². The molecule has 0 fully saturated rings. The smallest absolute Gasteiger partial charge is 0.343 e. The number of unbranched alkanes of at least 4 members (excludes halogenated alkanes) is 1. The number of esters is 1. The van der Waals surface area contributed by atoms with Gasteiger partial charge in [-0.05, 0) is 84.8 Å². The average Bonchev–Trinajstić information content (AvgIpc) is 2.90.